The fourth-order valence-electron chi connectivity index (χ4n) is 2.83. The highest BCUT2D eigenvalue weighted by molar-refractivity contribution is 6.34. The Morgan fingerprint density at radius 2 is 1.03 bits per heavy atom. The molecule has 32 heavy (non-hydrogen) atoms. The van der Waals surface area contributed by atoms with Crippen molar-refractivity contribution in [1.82, 2.24) is 15.0 Å². The quantitative estimate of drug-likeness (QED) is 0.415. The second kappa shape index (κ2) is 9.55. The minimum absolute atomic E-state index is 0.0433. The number of nitrogens with zero attached hydrogens (tertiary/aromatic N) is 3. The number of aromatic nitrogens is 3. The van der Waals surface area contributed by atoms with Gasteiger partial charge in [-0.2, -0.15) is 15.0 Å². The zero-order valence-electron chi connectivity index (χ0n) is 16.4. The molecule has 2 amide bonds. The zero-order valence-corrected chi connectivity index (χ0v) is 17.9. The molecule has 0 radical (unpaired) electrons. The molecule has 0 fully saturated rings. The van der Waals surface area contributed by atoms with Gasteiger partial charge in [0, 0.05) is 5.56 Å². The van der Waals surface area contributed by atoms with Gasteiger partial charge in [-0.05, 0) is 24.3 Å². The fourth-order valence-corrected chi connectivity index (χ4v) is 3.28. The number of carbonyl (C=O) groups excluding carboxylic acids is 2. The van der Waals surface area contributed by atoms with Crippen molar-refractivity contribution in [3.8, 4) is 11.4 Å². The molecule has 4 aromatic rings. The summed E-state index contributed by atoms with van der Waals surface area (Å²) < 4.78 is 0. The number of amides is 2. The molecule has 0 atom stereocenters. The molecule has 7 nitrogen and oxygen atoms in total. The molecule has 1 heterocycles. The molecule has 3 aromatic carbocycles. The van der Waals surface area contributed by atoms with Crippen LogP contribution in [-0.4, -0.2) is 26.8 Å². The van der Waals surface area contributed by atoms with Crippen LogP contribution in [0.2, 0.25) is 10.0 Å². The largest absolute Gasteiger partial charge is 0.290 e. The molecule has 0 aliphatic carbocycles. The summed E-state index contributed by atoms with van der Waals surface area (Å²) in [5.41, 5.74) is 1.20. The Balaban J connectivity index is 1.68. The predicted molar refractivity (Wildman–Crippen MR) is 124 cm³/mol. The van der Waals surface area contributed by atoms with Crippen LogP contribution in [-0.2, 0) is 0 Å². The topological polar surface area (TPSA) is 96.9 Å². The molecule has 0 aliphatic heterocycles. The minimum atomic E-state index is -0.496. The number of carbonyl (C=O) groups is 2. The van der Waals surface area contributed by atoms with E-state index >= 15 is 0 Å². The van der Waals surface area contributed by atoms with E-state index in [1.165, 1.54) is 0 Å². The van der Waals surface area contributed by atoms with Crippen LogP contribution < -0.4 is 10.6 Å². The van der Waals surface area contributed by atoms with E-state index in [0.717, 1.165) is 0 Å². The fraction of sp³-hybridized carbons (Fsp3) is 0. The summed E-state index contributed by atoms with van der Waals surface area (Å²) in [5, 5.41) is 5.80. The maximum atomic E-state index is 12.7. The molecule has 2 N–H and O–H groups in total. The number of rotatable bonds is 5. The molecule has 0 saturated carbocycles. The second-order valence-corrected chi connectivity index (χ2v) is 7.35. The van der Waals surface area contributed by atoms with E-state index < -0.39 is 11.8 Å². The Hall–Kier alpha value is -3.81. The zero-order chi connectivity index (χ0) is 22.5. The van der Waals surface area contributed by atoms with Crippen LogP contribution in [0.5, 0.6) is 0 Å². The van der Waals surface area contributed by atoms with Crippen molar-refractivity contribution in [3.05, 3.63) is 100 Å². The van der Waals surface area contributed by atoms with Crippen LogP contribution in [0.4, 0.5) is 11.9 Å². The number of anilines is 2. The van der Waals surface area contributed by atoms with Crippen LogP contribution in [0.1, 0.15) is 20.7 Å². The SMILES string of the molecule is O=C(Nc1nc(NC(=O)c2ccccc2Cl)nc(-c2ccccc2)n1)c1ccccc1Cl. The molecule has 158 valence electrons. The Kier molecular flexibility index (Phi) is 6.39. The van der Waals surface area contributed by atoms with Crippen LogP contribution in [0.25, 0.3) is 11.4 Å². The maximum absolute atomic E-state index is 12.7. The van der Waals surface area contributed by atoms with Gasteiger partial charge in [-0.25, -0.2) is 0 Å². The number of hydrogen-bond acceptors (Lipinski definition) is 5. The Morgan fingerprint density at radius 1 is 0.594 bits per heavy atom. The van der Waals surface area contributed by atoms with E-state index in [1.807, 2.05) is 18.2 Å². The molecule has 0 aliphatic rings. The highest BCUT2D eigenvalue weighted by Crippen LogP contribution is 2.21. The van der Waals surface area contributed by atoms with Crippen LogP contribution >= 0.6 is 23.2 Å². The van der Waals surface area contributed by atoms with Gasteiger partial charge in [0.05, 0.1) is 21.2 Å². The number of nitrogens with one attached hydrogen (secondary N) is 2. The van der Waals surface area contributed by atoms with E-state index in [-0.39, 0.29) is 38.9 Å². The summed E-state index contributed by atoms with van der Waals surface area (Å²) in [4.78, 5) is 38.2. The van der Waals surface area contributed by atoms with Crippen molar-refractivity contribution in [2.24, 2.45) is 0 Å². The first-order valence-corrected chi connectivity index (χ1v) is 10.2. The van der Waals surface area contributed by atoms with Crippen molar-refractivity contribution in [1.29, 1.82) is 0 Å². The molecule has 0 spiro atoms. The van der Waals surface area contributed by atoms with E-state index in [9.17, 15) is 9.59 Å². The third-order valence-corrected chi connectivity index (χ3v) is 5.01. The lowest BCUT2D eigenvalue weighted by Gasteiger charge is -2.10. The van der Waals surface area contributed by atoms with E-state index in [2.05, 4.69) is 25.6 Å². The van der Waals surface area contributed by atoms with Crippen molar-refractivity contribution in [2.45, 2.75) is 0 Å². The van der Waals surface area contributed by atoms with Gasteiger partial charge in [-0.1, -0.05) is 77.8 Å². The average Bonchev–Trinajstić information content (AvgIpc) is 2.80. The summed E-state index contributed by atoms with van der Waals surface area (Å²) in [7, 11) is 0. The first-order chi connectivity index (χ1) is 15.5. The number of halogens is 2. The van der Waals surface area contributed by atoms with Gasteiger partial charge in [-0.3, -0.25) is 20.2 Å². The smallest absolute Gasteiger partial charge is 0.259 e. The number of benzene rings is 3. The molecule has 0 unspecified atom stereocenters. The summed E-state index contributed by atoms with van der Waals surface area (Å²) in [6, 6.07) is 22.3. The van der Waals surface area contributed by atoms with Crippen molar-refractivity contribution >= 4 is 46.9 Å². The standard InChI is InChI=1S/C23H15Cl2N5O2/c24-17-12-6-4-10-15(17)20(31)28-22-26-19(14-8-2-1-3-9-14)27-23(30-22)29-21(32)16-11-5-7-13-18(16)25/h1-13H,(H2,26,27,28,29,30,31,32). The minimum Gasteiger partial charge on any atom is -0.290 e. The number of hydrogen-bond donors (Lipinski definition) is 2. The second-order valence-electron chi connectivity index (χ2n) is 6.54. The van der Waals surface area contributed by atoms with Crippen LogP contribution in [0, 0.1) is 0 Å². The van der Waals surface area contributed by atoms with Gasteiger partial charge in [-0.15, -0.1) is 0 Å². The van der Waals surface area contributed by atoms with Crippen molar-refractivity contribution < 1.29 is 9.59 Å². The van der Waals surface area contributed by atoms with Crippen LogP contribution in [0.3, 0.4) is 0 Å². The van der Waals surface area contributed by atoms with Gasteiger partial charge in [0.15, 0.2) is 5.82 Å². The maximum Gasteiger partial charge on any atom is 0.259 e. The average molecular weight is 464 g/mol. The highest BCUT2D eigenvalue weighted by Gasteiger charge is 2.17. The van der Waals surface area contributed by atoms with Gasteiger partial charge < -0.3 is 0 Å². The predicted octanol–water partition coefficient (Wildman–Crippen LogP) is 5.35. The molecule has 4 rings (SSSR count). The Morgan fingerprint density at radius 3 is 1.50 bits per heavy atom. The lowest BCUT2D eigenvalue weighted by molar-refractivity contribution is 0.101. The van der Waals surface area contributed by atoms with E-state index in [0.29, 0.717) is 5.56 Å². The lowest BCUT2D eigenvalue weighted by Crippen LogP contribution is -2.19. The van der Waals surface area contributed by atoms with Gasteiger partial charge in [0.1, 0.15) is 0 Å². The molecular formula is C23H15Cl2N5O2. The molecule has 1 aromatic heterocycles. The molecule has 9 heteroatoms. The van der Waals surface area contributed by atoms with Gasteiger partial charge in [0.25, 0.3) is 11.8 Å². The third kappa shape index (κ3) is 4.91. The normalized spacial score (nSPS) is 10.4. The first-order valence-electron chi connectivity index (χ1n) is 9.44. The van der Waals surface area contributed by atoms with Crippen LogP contribution in [0.15, 0.2) is 78.9 Å². The molecular weight excluding hydrogens is 449 g/mol. The monoisotopic (exact) mass is 463 g/mol. The third-order valence-electron chi connectivity index (χ3n) is 4.36. The van der Waals surface area contributed by atoms with Gasteiger partial charge >= 0.3 is 0 Å². The molecule has 0 bridgehead atoms. The summed E-state index contributed by atoms with van der Waals surface area (Å²) in [5.74, 6) is -0.811. The highest BCUT2D eigenvalue weighted by atomic mass is 35.5. The van der Waals surface area contributed by atoms with E-state index in [1.54, 1.807) is 60.7 Å². The summed E-state index contributed by atoms with van der Waals surface area (Å²) in [6.07, 6.45) is 0. The lowest BCUT2D eigenvalue weighted by atomic mass is 10.2. The summed E-state index contributed by atoms with van der Waals surface area (Å²) in [6.45, 7) is 0. The first kappa shape index (κ1) is 21.4. The van der Waals surface area contributed by atoms with E-state index in [4.69, 9.17) is 23.2 Å². The Bertz CT molecular complexity index is 1220. The van der Waals surface area contributed by atoms with Crippen molar-refractivity contribution in [2.75, 3.05) is 10.6 Å². The summed E-state index contributed by atoms with van der Waals surface area (Å²) >= 11 is 12.2. The Labute approximate surface area is 193 Å². The van der Waals surface area contributed by atoms with Gasteiger partial charge in [0.2, 0.25) is 11.9 Å². The molecule has 0 saturated heterocycles. The van der Waals surface area contributed by atoms with Crippen molar-refractivity contribution in [3.63, 3.8) is 0 Å².